The van der Waals surface area contributed by atoms with Gasteiger partial charge in [0.25, 0.3) is 5.69 Å². The highest BCUT2D eigenvalue weighted by atomic mass is 32.1. The molecule has 148 valence electrons. The quantitative estimate of drug-likeness (QED) is 0.570. The maximum absolute atomic E-state index is 12.6. The third kappa shape index (κ3) is 4.18. The number of nitro benzene ring substituents is 1. The molecule has 4 rings (SSSR count). The Balaban J connectivity index is 1.23. The highest BCUT2D eigenvalue weighted by Gasteiger charge is 2.23. The van der Waals surface area contributed by atoms with Crippen LogP contribution < -0.4 is 4.90 Å². The fourth-order valence-corrected chi connectivity index (χ4v) is 4.87. The van der Waals surface area contributed by atoms with E-state index in [1.807, 2.05) is 16.2 Å². The zero-order valence-electron chi connectivity index (χ0n) is 15.7. The average molecular weight is 401 g/mol. The van der Waals surface area contributed by atoms with Crippen molar-refractivity contribution in [1.29, 1.82) is 0 Å². The molecular formula is C20H24N4O3S. The Labute approximate surface area is 168 Å². The van der Waals surface area contributed by atoms with E-state index in [1.54, 1.807) is 12.1 Å². The first-order chi connectivity index (χ1) is 13.6. The average Bonchev–Trinajstić information content (AvgIpc) is 3.20. The summed E-state index contributed by atoms with van der Waals surface area (Å²) in [6.45, 7) is 5.73. The van der Waals surface area contributed by atoms with Crippen LogP contribution in [0.15, 0.2) is 35.7 Å². The highest BCUT2D eigenvalue weighted by Crippen LogP contribution is 2.24. The van der Waals surface area contributed by atoms with Gasteiger partial charge >= 0.3 is 0 Å². The number of hydrogen-bond acceptors (Lipinski definition) is 6. The molecule has 0 radical (unpaired) electrons. The fourth-order valence-electron chi connectivity index (χ4n) is 3.89. The van der Waals surface area contributed by atoms with E-state index in [1.165, 1.54) is 22.6 Å². The number of carbonyl (C=O) groups excluding carboxylic acids is 1. The Morgan fingerprint density at radius 2 is 1.82 bits per heavy atom. The van der Waals surface area contributed by atoms with Crippen molar-refractivity contribution in [3.8, 4) is 0 Å². The van der Waals surface area contributed by atoms with Gasteiger partial charge in [-0.2, -0.15) is 0 Å². The van der Waals surface area contributed by atoms with Crippen molar-refractivity contribution in [2.24, 2.45) is 0 Å². The smallest absolute Gasteiger partial charge is 0.269 e. The van der Waals surface area contributed by atoms with Crippen molar-refractivity contribution in [2.75, 3.05) is 44.2 Å². The molecule has 0 bridgehead atoms. The SMILES string of the molecule is O=C(CCN1CCc2ccsc2C1)N1CCN(c2ccc([N+](=O)[O-])cc2)CC1. The Morgan fingerprint density at radius 3 is 2.54 bits per heavy atom. The number of hydrogen-bond donors (Lipinski definition) is 0. The molecule has 0 spiro atoms. The molecule has 0 aliphatic carbocycles. The zero-order valence-corrected chi connectivity index (χ0v) is 16.6. The minimum absolute atomic E-state index is 0.102. The summed E-state index contributed by atoms with van der Waals surface area (Å²) < 4.78 is 0. The Morgan fingerprint density at radius 1 is 1.07 bits per heavy atom. The first kappa shape index (κ1) is 18.9. The Hall–Kier alpha value is -2.45. The summed E-state index contributed by atoms with van der Waals surface area (Å²) in [6.07, 6.45) is 1.65. The van der Waals surface area contributed by atoms with Gasteiger partial charge < -0.3 is 9.80 Å². The van der Waals surface area contributed by atoms with Crippen molar-refractivity contribution in [1.82, 2.24) is 9.80 Å². The summed E-state index contributed by atoms with van der Waals surface area (Å²) in [7, 11) is 0. The molecule has 2 aliphatic rings. The lowest BCUT2D eigenvalue weighted by Gasteiger charge is -2.36. The van der Waals surface area contributed by atoms with Crippen LogP contribution in [0, 0.1) is 10.1 Å². The summed E-state index contributed by atoms with van der Waals surface area (Å²) in [5, 5.41) is 12.9. The van der Waals surface area contributed by atoms with E-state index >= 15 is 0 Å². The fraction of sp³-hybridized carbons (Fsp3) is 0.450. The zero-order chi connectivity index (χ0) is 19.5. The van der Waals surface area contributed by atoms with Gasteiger partial charge in [-0.05, 0) is 35.6 Å². The van der Waals surface area contributed by atoms with Crippen molar-refractivity contribution in [3.63, 3.8) is 0 Å². The van der Waals surface area contributed by atoms with Crippen LogP contribution in [0.2, 0.25) is 0 Å². The standard InChI is InChI=1S/C20H24N4O3S/c25-20(6-9-21-8-5-16-7-14-28-19(16)15-21)23-12-10-22(11-13-23)17-1-3-18(4-2-17)24(26)27/h1-4,7,14H,5-6,8-13,15H2. The van der Waals surface area contributed by atoms with E-state index < -0.39 is 0 Å². The molecule has 1 aromatic heterocycles. The second kappa shape index (κ2) is 8.28. The lowest BCUT2D eigenvalue weighted by Crippen LogP contribution is -2.49. The highest BCUT2D eigenvalue weighted by molar-refractivity contribution is 7.10. The maximum Gasteiger partial charge on any atom is 0.269 e. The molecule has 1 fully saturated rings. The number of benzene rings is 1. The van der Waals surface area contributed by atoms with Crippen LogP contribution in [0.25, 0.3) is 0 Å². The summed E-state index contributed by atoms with van der Waals surface area (Å²) in [5.74, 6) is 0.223. The lowest BCUT2D eigenvalue weighted by atomic mass is 10.1. The first-order valence-corrected chi connectivity index (χ1v) is 10.5. The van der Waals surface area contributed by atoms with E-state index in [4.69, 9.17) is 0 Å². The molecule has 1 amide bonds. The van der Waals surface area contributed by atoms with Gasteiger partial charge in [0.05, 0.1) is 4.92 Å². The number of rotatable bonds is 5. The number of amides is 1. The molecule has 0 N–H and O–H groups in total. The van der Waals surface area contributed by atoms with Crippen molar-refractivity contribution >= 4 is 28.6 Å². The van der Waals surface area contributed by atoms with Crippen molar-refractivity contribution < 1.29 is 9.72 Å². The van der Waals surface area contributed by atoms with Gasteiger partial charge in [0.15, 0.2) is 0 Å². The summed E-state index contributed by atoms with van der Waals surface area (Å²) in [6, 6.07) is 8.84. The Bertz CT molecular complexity index is 843. The predicted octanol–water partition coefficient (Wildman–Crippen LogP) is 2.75. The van der Waals surface area contributed by atoms with Gasteiger partial charge in [0, 0.05) is 74.9 Å². The number of carbonyl (C=O) groups is 1. The molecule has 2 aromatic rings. The summed E-state index contributed by atoms with van der Waals surface area (Å²) >= 11 is 1.81. The van der Waals surface area contributed by atoms with Gasteiger partial charge in [0.2, 0.25) is 5.91 Å². The van der Waals surface area contributed by atoms with Crippen LogP contribution in [-0.4, -0.2) is 59.9 Å². The van der Waals surface area contributed by atoms with Crippen molar-refractivity contribution in [2.45, 2.75) is 19.4 Å². The van der Waals surface area contributed by atoms with Gasteiger partial charge in [-0.3, -0.25) is 19.8 Å². The number of nitrogens with zero attached hydrogens (tertiary/aromatic N) is 4. The molecule has 3 heterocycles. The van der Waals surface area contributed by atoms with Crippen LogP contribution in [0.4, 0.5) is 11.4 Å². The number of anilines is 1. The van der Waals surface area contributed by atoms with Gasteiger partial charge in [-0.25, -0.2) is 0 Å². The topological polar surface area (TPSA) is 69.9 Å². The van der Waals surface area contributed by atoms with Crippen LogP contribution in [0.1, 0.15) is 16.9 Å². The number of thiophene rings is 1. The summed E-state index contributed by atoms with van der Waals surface area (Å²) in [4.78, 5) is 30.9. The number of non-ortho nitro benzene ring substituents is 1. The number of piperazine rings is 1. The minimum atomic E-state index is -0.387. The van der Waals surface area contributed by atoms with Crippen molar-refractivity contribution in [3.05, 3.63) is 56.3 Å². The molecule has 28 heavy (non-hydrogen) atoms. The molecule has 0 saturated carbocycles. The third-order valence-corrected chi connectivity index (χ3v) is 6.55. The minimum Gasteiger partial charge on any atom is -0.368 e. The largest absolute Gasteiger partial charge is 0.368 e. The van der Waals surface area contributed by atoms with Gasteiger partial charge in [-0.15, -0.1) is 11.3 Å². The Kier molecular flexibility index (Phi) is 5.59. The van der Waals surface area contributed by atoms with Crippen LogP contribution in [0.3, 0.4) is 0 Å². The van der Waals surface area contributed by atoms with E-state index in [-0.39, 0.29) is 16.5 Å². The van der Waals surface area contributed by atoms with Crippen LogP contribution >= 0.6 is 11.3 Å². The van der Waals surface area contributed by atoms with E-state index in [0.29, 0.717) is 19.5 Å². The van der Waals surface area contributed by atoms with Gasteiger partial charge in [0.1, 0.15) is 0 Å². The number of fused-ring (bicyclic) bond motifs is 1. The molecule has 8 heteroatoms. The first-order valence-electron chi connectivity index (χ1n) is 9.65. The second-order valence-corrected chi connectivity index (χ2v) is 8.29. The van der Waals surface area contributed by atoms with E-state index in [2.05, 4.69) is 21.2 Å². The molecule has 2 aliphatic heterocycles. The molecule has 1 saturated heterocycles. The molecule has 7 nitrogen and oxygen atoms in total. The number of nitro groups is 1. The normalized spacial score (nSPS) is 17.4. The molecule has 1 aromatic carbocycles. The molecule has 0 unspecified atom stereocenters. The second-order valence-electron chi connectivity index (χ2n) is 7.29. The van der Waals surface area contributed by atoms with E-state index in [0.717, 1.165) is 44.8 Å². The van der Waals surface area contributed by atoms with E-state index in [9.17, 15) is 14.9 Å². The summed E-state index contributed by atoms with van der Waals surface area (Å²) in [5.41, 5.74) is 2.54. The lowest BCUT2D eigenvalue weighted by molar-refractivity contribution is -0.384. The third-order valence-electron chi connectivity index (χ3n) is 5.60. The van der Waals surface area contributed by atoms with Crippen LogP contribution in [-0.2, 0) is 17.8 Å². The monoisotopic (exact) mass is 400 g/mol. The predicted molar refractivity (Wildman–Crippen MR) is 110 cm³/mol. The van der Waals surface area contributed by atoms with Crippen LogP contribution in [0.5, 0.6) is 0 Å². The molecular weight excluding hydrogens is 376 g/mol. The maximum atomic E-state index is 12.6. The van der Waals surface area contributed by atoms with Gasteiger partial charge in [-0.1, -0.05) is 0 Å². The molecule has 0 atom stereocenters.